The number of pyridine rings is 1. The Hall–Kier alpha value is -2.24. The van der Waals surface area contributed by atoms with Crippen LogP contribution in [0.5, 0.6) is 0 Å². The third kappa shape index (κ3) is 4.87. The van der Waals surface area contributed by atoms with Crippen molar-refractivity contribution in [1.29, 1.82) is 0 Å². The van der Waals surface area contributed by atoms with Crippen LogP contribution < -0.4 is 5.32 Å². The second kappa shape index (κ2) is 7.85. The fourth-order valence-corrected chi connectivity index (χ4v) is 2.69. The van der Waals surface area contributed by atoms with Crippen LogP contribution in [0.3, 0.4) is 0 Å². The molecule has 2 unspecified atom stereocenters. The topological polar surface area (TPSA) is 62.3 Å². The van der Waals surface area contributed by atoms with Gasteiger partial charge in [0.15, 0.2) is 0 Å². The molecule has 0 bridgehead atoms. The van der Waals surface area contributed by atoms with Crippen molar-refractivity contribution in [2.75, 3.05) is 6.54 Å². The molecule has 1 aliphatic rings. The zero-order valence-corrected chi connectivity index (χ0v) is 13.5. The summed E-state index contributed by atoms with van der Waals surface area (Å²) in [5.41, 5.74) is 0.490. The predicted molar refractivity (Wildman–Crippen MR) is 85.9 cm³/mol. The number of halogens is 1. The Morgan fingerprint density at radius 1 is 1.43 bits per heavy atom. The van der Waals surface area contributed by atoms with Crippen LogP contribution in [-0.4, -0.2) is 40.3 Å². The van der Waals surface area contributed by atoms with Crippen molar-refractivity contribution in [3.63, 3.8) is 0 Å². The Kier molecular flexibility index (Phi) is 5.84. The molecule has 1 aromatic heterocycles. The number of rotatable bonds is 4. The van der Waals surface area contributed by atoms with Crippen LogP contribution in [0.4, 0.5) is 4.39 Å². The van der Waals surface area contributed by atoms with Gasteiger partial charge in [0.25, 0.3) is 0 Å². The largest absolute Gasteiger partial charge is 0.341 e. The molecule has 124 valence electrons. The summed E-state index contributed by atoms with van der Waals surface area (Å²) in [6.07, 6.45) is 8.43. The lowest BCUT2D eigenvalue weighted by molar-refractivity contribution is -0.138. The van der Waals surface area contributed by atoms with E-state index in [0.29, 0.717) is 5.56 Å². The normalized spacial score (nSPS) is 19.6. The molecular weight excluding hydrogens is 297 g/mol. The Bertz CT molecular complexity index is 603. The maximum absolute atomic E-state index is 13.0. The third-order valence-corrected chi connectivity index (χ3v) is 3.97. The van der Waals surface area contributed by atoms with Crippen molar-refractivity contribution in [2.24, 2.45) is 0 Å². The summed E-state index contributed by atoms with van der Waals surface area (Å²) in [7, 11) is 0. The van der Waals surface area contributed by atoms with E-state index in [0.717, 1.165) is 32.0 Å². The number of likely N-dealkylation sites (tertiary alicyclic amines) is 1. The number of aromatic nitrogens is 1. The van der Waals surface area contributed by atoms with E-state index in [1.807, 2.05) is 11.8 Å². The van der Waals surface area contributed by atoms with Gasteiger partial charge in [-0.15, -0.1) is 0 Å². The number of carbonyl (C=O) groups is 2. The fourth-order valence-electron chi connectivity index (χ4n) is 2.69. The van der Waals surface area contributed by atoms with Gasteiger partial charge in [0, 0.05) is 24.9 Å². The van der Waals surface area contributed by atoms with E-state index in [2.05, 4.69) is 10.3 Å². The summed E-state index contributed by atoms with van der Waals surface area (Å²) >= 11 is 0. The highest BCUT2D eigenvalue weighted by Gasteiger charge is 2.27. The van der Waals surface area contributed by atoms with Crippen LogP contribution in [0.1, 0.15) is 38.7 Å². The Balaban J connectivity index is 1.90. The van der Waals surface area contributed by atoms with E-state index in [-0.39, 0.29) is 17.9 Å². The molecule has 0 aromatic carbocycles. The number of amides is 2. The summed E-state index contributed by atoms with van der Waals surface area (Å²) in [6.45, 7) is 4.45. The van der Waals surface area contributed by atoms with Gasteiger partial charge in [-0.25, -0.2) is 4.39 Å². The second-order valence-electron chi connectivity index (χ2n) is 5.88. The van der Waals surface area contributed by atoms with Crippen molar-refractivity contribution >= 4 is 17.9 Å². The van der Waals surface area contributed by atoms with Gasteiger partial charge in [0.05, 0.1) is 6.20 Å². The Morgan fingerprint density at radius 3 is 2.91 bits per heavy atom. The molecule has 2 atom stereocenters. The molecule has 0 spiro atoms. The number of hydrogen-bond donors (Lipinski definition) is 1. The molecule has 23 heavy (non-hydrogen) atoms. The standard InChI is InChI=1S/C17H22FN3O2/c1-12-5-3-4-8-21(12)17(23)13(2)20-16(22)7-6-14-9-15(18)11-19-10-14/h6-7,9-13H,3-5,8H2,1-2H3,(H,20,22)/b7-6+. The molecule has 2 rings (SSSR count). The molecule has 1 aliphatic heterocycles. The first-order chi connectivity index (χ1) is 11.0. The highest BCUT2D eigenvalue weighted by Crippen LogP contribution is 2.17. The van der Waals surface area contributed by atoms with Crippen LogP contribution in [0, 0.1) is 5.82 Å². The number of carbonyl (C=O) groups excluding carboxylic acids is 2. The van der Waals surface area contributed by atoms with Crippen molar-refractivity contribution < 1.29 is 14.0 Å². The average Bonchev–Trinajstić information content (AvgIpc) is 2.53. The smallest absolute Gasteiger partial charge is 0.245 e. The molecular formula is C17H22FN3O2. The second-order valence-corrected chi connectivity index (χ2v) is 5.88. The van der Waals surface area contributed by atoms with Crippen LogP contribution in [-0.2, 0) is 9.59 Å². The molecule has 6 heteroatoms. The summed E-state index contributed by atoms with van der Waals surface area (Å²) in [5.74, 6) is -0.915. The zero-order valence-electron chi connectivity index (χ0n) is 13.5. The van der Waals surface area contributed by atoms with E-state index in [9.17, 15) is 14.0 Å². The quantitative estimate of drug-likeness (QED) is 0.865. The van der Waals surface area contributed by atoms with Crippen molar-refractivity contribution in [3.05, 3.63) is 35.9 Å². The Morgan fingerprint density at radius 2 is 2.22 bits per heavy atom. The molecule has 5 nitrogen and oxygen atoms in total. The van der Waals surface area contributed by atoms with E-state index >= 15 is 0 Å². The van der Waals surface area contributed by atoms with Crippen LogP contribution in [0.2, 0.25) is 0 Å². The van der Waals surface area contributed by atoms with Crippen LogP contribution in [0.15, 0.2) is 24.5 Å². The fraction of sp³-hybridized carbons (Fsp3) is 0.471. The van der Waals surface area contributed by atoms with Gasteiger partial charge in [-0.05, 0) is 50.8 Å². The highest BCUT2D eigenvalue weighted by atomic mass is 19.1. The first kappa shape index (κ1) is 17.1. The minimum absolute atomic E-state index is 0.0635. The average molecular weight is 319 g/mol. The van der Waals surface area contributed by atoms with Crippen LogP contribution in [0.25, 0.3) is 6.08 Å². The first-order valence-electron chi connectivity index (χ1n) is 7.87. The maximum atomic E-state index is 13.0. The SMILES string of the molecule is CC(NC(=O)/C=C/c1cncc(F)c1)C(=O)N1CCCCC1C. The molecule has 1 fully saturated rings. The van der Waals surface area contributed by atoms with Gasteiger partial charge >= 0.3 is 0 Å². The lowest BCUT2D eigenvalue weighted by atomic mass is 10.0. The number of hydrogen-bond acceptors (Lipinski definition) is 3. The molecule has 2 heterocycles. The number of piperidine rings is 1. The minimum atomic E-state index is -0.585. The van der Waals surface area contributed by atoms with E-state index in [4.69, 9.17) is 0 Å². The van der Waals surface area contributed by atoms with Gasteiger partial charge < -0.3 is 10.2 Å². The summed E-state index contributed by atoms with van der Waals surface area (Å²) in [5, 5.41) is 2.65. The van der Waals surface area contributed by atoms with Gasteiger partial charge in [0.2, 0.25) is 11.8 Å². The predicted octanol–water partition coefficient (Wildman–Crippen LogP) is 2.14. The lowest BCUT2D eigenvalue weighted by Gasteiger charge is -2.35. The van der Waals surface area contributed by atoms with E-state index < -0.39 is 11.9 Å². The number of nitrogens with one attached hydrogen (secondary N) is 1. The Labute approximate surface area is 135 Å². The molecule has 1 saturated heterocycles. The summed E-state index contributed by atoms with van der Waals surface area (Å²) in [4.78, 5) is 29.8. The zero-order chi connectivity index (χ0) is 16.8. The molecule has 2 amide bonds. The van der Waals surface area contributed by atoms with Gasteiger partial charge in [0.1, 0.15) is 11.9 Å². The lowest BCUT2D eigenvalue weighted by Crippen LogP contribution is -2.51. The third-order valence-electron chi connectivity index (χ3n) is 3.97. The van der Waals surface area contributed by atoms with E-state index in [1.54, 1.807) is 6.92 Å². The maximum Gasteiger partial charge on any atom is 0.245 e. The van der Waals surface area contributed by atoms with Crippen molar-refractivity contribution in [3.8, 4) is 0 Å². The molecule has 0 aliphatic carbocycles. The first-order valence-corrected chi connectivity index (χ1v) is 7.87. The molecule has 1 aromatic rings. The van der Waals surface area contributed by atoms with Crippen molar-refractivity contribution in [1.82, 2.24) is 15.2 Å². The monoisotopic (exact) mass is 319 g/mol. The van der Waals surface area contributed by atoms with E-state index in [1.165, 1.54) is 24.4 Å². The number of nitrogens with zero attached hydrogens (tertiary/aromatic N) is 2. The minimum Gasteiger partial charge on any atom is -0.341 e. The van der Waals surface area contributed by atoms with Crippen molar-refractivity contribution in [2.45, 2.75) is 45.2 Å². The molecule has 0 saturated carbocycles. The highest BCUT2D eigenvalue weighted by molar-refractivity contribution is 5.95. The molecule has 1 N–H and O–H groups in total. The van der Waals surface area contributed by atoms with Gasteiger partial charge in [-0.2, -0.15) is 0 Å². The molecule has 0 radical (unpaired) electrons. The summed E-state index contributed by atoms with van der Waals surface area (Å²) in [6, 6.07) is 0.906. The van der Waals surface area contributed by atoms with Crippen LogP contribution >= 0.6 is 0 Å². The van der Waals surface area contributed by atoms with Gasteiger partial charge in [-0.3, -0.25) is 14.6 Å². The van der Waals surface area contributed by atoms with Gasteiger partial charge in [-0.1, -0.05) is 0 Å². The summed E-state index contributed by atoms with van der Waals surface area (Å²) < 4.78 is 13.0.